The lowest BCUT2D eigenvalue weighted by molar-refractivity contribution is -0.138. The van der Waals surface area contributed by atoms with Gasteiger partial charge in [0, 0.05) is 12.3 Å². The van der Waals surface area contributed by atoms with E-state index in [1.165, 1.54) is 31.5 Å². The summed E-state index contributed by atoms with van der Waals surface area (Å²) >= 11 is 12.1. The summed E-state index contributed by atoms with van der Waals surface area (Å²) in [4.78, 5) is 23.8. The number of methoxy groups -OCH3 is 1. The standard InChI is InChI=1S/C22H15Cl2F4N5O2/c1-35-18-8-16-15(31-21(32-16)33-19-13(23)5-10(25)6-14(19)24)7-11(18)20(34)30-9-17-12(22(26,27)28)3-2-4-29-17/h2-8H,9H2,1H3,(H,30,34)(H2,31,32,33). The number of nitrogens with one attached hydrogen (secondary N) is 3. The van der Waals surface area contributed by atoms with Gasteiger partial charge in [0.25, 0.3) is 5.91 Å². The lowest BCUT2D eigenvalue weighted by Crippen LogP contribution is -2.25. The van der Waals surface area contributed by atoms with Gasteiger partial charge in [0.15, 0.2) is 0 Å². The quantitative estimate of drug-likeness (QED) is 0.263. The van der Waals surface area contributed by atoms with Gasteiger partial charge in [0.1, 0.15) is 11.6 Å². The molecule has 4 rings (SSSR count). The summed E-state index contributed by atoms with van der Waals surface area (Å²) < 4.78 is 58.3. The predicted molar refractivity (Wildman–Crippen MR) is 123 cm³/mol. The number of anilines is 2. The van der Waals surface area contributed by atoms with Crippen LogP contribution in [-0.2, 0) is 12.7 Å². The smallest absolute Gasteiger partial charge is 0.418 e. The van der Waals surface area contributed by atoms with Crippen molar-refractivity contribution in [3.8, 4) is 5.75 Å². The van der Waals surface area contributed by atoms with Gasteiger partial charge in [-0.2, -0.15) is 13.2 Å². The van der Waals surface area contributed by atoms with Crippen LogP contribution in [0.1, 0.15) is 21.6 Å². The van der Waals surface area contributed by atoms with E-state index in [0.29, 0.717) is 11.0 Å². The van der Waals surface area contributed by atoms with Crippen molar-refractivity contribution in [3.63, 3.8) is 0 Å². The number of ether oxygens (including phenoxy) is 1. The third-order valence-electron chi connectivity index (χ3n) is 4.91. The number of carbonyl (C=O) groups excluding carboxylic acids is 1. The Morgan fingerprint density at radius 3 is 2.54 bits per heavy atom. The highest BCUT2D eigenvalue weighted by molar-refractivity contribution is 6.39. The summed E-state index contributed by atoms with van der Waals surface area (Å²) in [6, 6.07) is 7.12. The molecule has 35 heavy (non-hydrogen) atoms. The Balaban J connectivity index is 1.60. The van der Waals surface area contributed by atoms with Gasteiger partial charge in [-0.15, -0.1) is 0 Å². The second kappa shape index (κ2) is 9.59. The van der Waals surface area contributed by atoms with Crippen molar-refractivity contribution in [1.29, 1.82) is 0 Å². The number of benzene rings is 2. The molecule has 0 saturated heterocycles. The number of halogens is 6. The lowest BCUT2D eigenvalue weighted by Gasteiger charge is -2.13. The molecular weight excluding hydrogens is 513 g/mol. The zero-order valence-corrected chi connectivity index (χ0v) is 19.2. The normalized spacial score (nSPS) is 11.5. The van der Waals surface area contributed by atoms with Crippen molar-refractivity contribution in [2.24, 2.45) is 0 Å². The van der Waals surface area contributed by atoms with Gasteiger partial charge in [0.2, 0.25) is 5.95 Å². The second-order valence-corrected chi connectivity index (χ2v) is 8.02. The fraction of sp³-hybridized carbons (Fsp3) is 0.136. The van der Waals surface area contributed by atoms with Gasteiger partial charge in [-0.05, 0) is 30.3 Å². The topological polar surface area (TPSA) is 91.9 Å². The zero-order chi connectivity index (χ0) is 25.3. The van der Waals surface area contributed by atoms with Crippen molar-refractivity contribution in [1.82, 2.24) is 20.3 Å². The molecule has 0 atom stereocenters. The van der Waals surface area contributed by atoms with Crippen LogP contribution in [-0.4, -0.2) is 28.0 Å². The zero-order valence-electron chi connectivity index (χ0n) is 17.7. The number of pyridine rings is 1. The number of amides is 1. The predicted octanol–water partition coefficient (Wildman–Crippen LogP) is 6.10. The minimum absolute atomic E-state index is 0.0286. The molecule has 4 aromatic rings. The molecule has 2 heterocycles. The van der Waals surface area contributed by atoms with Crippen LogP contribution in [0.15, 0.2) is 42.6 Å². The van der Waals surface area contributed by atoms with Crippen LogP contribution in [0.5, 0.6) is 5.75 Å². The molecule has 0 radical (unpaired) electrons. The van der Waals surface area contributed by atoms with Crippen molar-refractivity contribution in [2.75, 3.05) is 12.4 Å². The van der Waals surface area contributed by atoms with E-state index in [1.807, 2.05) is 0 Å². The van der Waals surface area contributed by atoms with Crippen LogP contribution < -0.4 is 15.4 Å². The average molecular weight is 528 g/mol. The van der Waals surface area contributed by atoms with E-state index < -0.39 is 30.0 Å². The maximum atomic E-state index is 13.4. The SMILES string of the molecule is COc1cc2[nH]c(Nc3c(Cl)cc(F)cc3Cl)nc2cc1C(=O)NCc1ncccc1C(F)(F)F. The minimum Gasteiger partial charge on any atom is -0.496 e. The fourth-order valence-corrected chi connectivity index (χ4v) is 3.87. The molecule has 0 aliphatic rings. The van der Waals surface area contributed by atoms with E-state index in [-0.39, 0.29) is 38.7 Å². The number of fused-ring (bicyclic) bond motifs is 1. The van der Waals surface area contributed by atoms with Gasteiger partial charge in [-0.1, -0.05) is 23.2 Å². The first kappa shape index (κ1) is 24.6. The molecule has 0 aliphatic carbocycles. The van der Waals surface area contributed by atoms with Crippen molar-refractivity contribution < 1.29 is 27.1 Å². The molecule has 1 amide bonds. The van der Waals surface area contributed by atoms with Gasteiger partial charge in [-0.3, -0.25) is 9.78 Å². The van der Waals surface area contributed by atoms with Crippen LogP contribution in [0.2, 0.25) is 10.0 Å². The molecule has 13 heteroatoms. The summed E-state index contributed by atoms with van der Waals surface area (Å²) in [5.41, 5.74) is -0.201. The van der Waals surface area contributed by atoms with Crippen molar-refractivity contribution in [2.45, 2.75) is 12.7 Å². The van der Waals surface area contributed by atoms with Crippen molar-refractivity contribution >= 4 is 51.8 Å². The Bertz CT molecular complexity index is 1400. The number of hydrogen-bond acceptors (Lipinski definition) is 5. The molecule has 0 aliphatic heterocycles. The second-order valence-electron chi connectivity index (χ2n) is 7.20. The minimum atomic E-state index is -4.61. The number of carbonyl (C=O) groups is 1. The molecule has 0 bridgehead atoms. The average Bonchev–Trinajstić information content (AvgIpc) is 3.20. The molecule has 7 nitrogen and oxygen atoms in total. The highest BCUT2D eigenvalue weighted by Gasteiger charge is 2.33. The van der Waals surface area contributed by atoms with Crippen molar-refractivity contribution in [3.05, 3.63) is 75.3 Å². The number of H-pyrrole nitrogens is 1. The Kier molecular flexibility index (Phi) is 6.73. The van der Waals surface area contributed by atoms with Crippen LogP contribution in [0.4, 0.5) is 29.2 Å². The Labute approximate surface area is 205 Å². The highest BCUT2D eigenvalue weighted by atomic mass is 35.5. The summed E-state index contributed by atoms with van der Waals surface area (Å²) in [5.74, 6) is -0.952. The number of aromatic amines is 1. The Hall–Kier alpha value is -3.57. The van der Waals surface area contributed by atoms with Gasteiger partial charge in [-0.25, -0.2) is 9.37 Å². The third-order valence-corrected chi connectivity index (χ3v) is 5.51. The van der Waals surface area contributed by atoms with Gasteiger partial charge in [0.05, 0.1) is 57.2 Å². The molecule has 2 aromatic heterocycles. The number of alkyl halides is 3. The molecule has 3 N–H and O–H groups in total. The van der Waals surface area contributed by atoms with Gasteiger partial charge >= 0.3 is 6.18 Å². The Morgan fingerprint density at radius 1 is 1.17 bits per heavy atom. The number of hydrogen-bond donors (Lipinski definition) is 3. The largest absolute Gasteiger partial charge is 0.496 e. The molecular formula is C22H15Cl2F4N5O2. The molecule has 0 spiro atoms. The first-order valence-electron chi connectivity index (χ1n) is 9.85. The van der Waals surface area contributed by atoms with E-state index in [0.717, 1.165) is 18.2 Å². The van der Waals surface area contributed by atoms with Crippen LogP contribution in [0.25, 0.3) is 11.0 Å². The molecule has 2 aromatic carbocycles. The molecule has 0 unspecified atom stereocenters. The highest BCUT2D eigenvalue weighted by Crippen LogP contribution is 2.34. The van der Waals surface area contributed by atoms with E-state index in [4.69, 9.17) is 27.9 Å². The van der Waals surface area contributed by atoms with E-state index in [9.17, 15) is 22.4 Å². The maximum Gasteiger partial charge on any atom is 0.418 e. The summed E-state index contributed by atoms with van der Waals surface area (Å²) in [6.07, 6.45) is -3.40. The van der Waals surface area contributed by atoms with Crippen LogP contribution in [0, 0.1) is 5.82 Å². The summed E-state index contributed by atoms with van der Waals surface area (Å²) in [7, 11) is 1.34. The van der Waals surface area contributed by atoms with Gasteiger partial charge < -0.3 is 20.4 Å². The number of rotatable bonds is 6. The first-order chi connectivity index (χ1) is 16.6. The van der Waals surface area contributed by atoms with E-state index in [1.54, 1.807) is 0 Å². The van der Waals surface area contributed by atoms with E-state index >= 15 is 0 Å². The van der Waals surface area contributed by atoms with E-state index in [2.05, 4.69) is 25.6 Å². The fourth-order valence-electron chi connectivity index (χ4n) is 3.32. The van der Waals surface area contributed by atoms with Crippen LogP contribution in [0.3, 0.4) is 0 Å². The third kappa shape index (κ3) is 5.25. The number of imidazole rings is 1. The number of nitrogens with zero attached hydrogens (tertiary/aromatic N) is 2. The molecule has 0 saturated carbocycles. The van der Waals surface area contributed by atoms with Crippen LogP contribution >= 0.6 is 23.2 Å². The summed E-state index contributed by atoms with van der Waals surface area (Å²) in [6.45, 7) is -0.454. The number of aromatic nitrogens is 3. The molecule has 0 fully saturated rings. The maximum absolute atomic E-state index is 13.4. The Morgan fingerprint density at radius 2 is 1.89 bits per heavy atom. The lowest BCUT2D eigenvalue weighted by atomic mass is 10.1. The monoisotopic (exact) mass is 527 g/mol. The first-order valence-corrected chi connectivity index (χ1v) is 10.6. The summed E-state index contributed by atoms with van der Waals surface area (Å²) in [5, 5.41) is 5.34. The molecule has 182 valence electrons.